The zero-order valence-corrected chi connectivity index (χ0v) is 28.3. The lowest BCUT2D eigenvalue weighted by Gasteiger charge is -2.29. The van der Waals surface area contributed by atoms with Crippen LogP contribution in [0, 0.1) is 0 Å². The molecule has 0 aliphatic rings. The zero-order chi connectivity index (χ0) is 34.2. The maximum atomic E-state index is 6.56. The van der Waals surface area contributed by atoms with E-state index in [0.717, 1.165) is 50.1 Å². The Morgan fingerprint density at radius 1 is 0.308 bits per heavy atom. The van der Waals surface area contributed by atoms with Crippen LogP contribution in [-0.4, -0.2) is 0 Å². The zero-order valence-electron chi connectivity index (χ0n) is 28.3. The minimum absolute atomic E-state index is 0.887. The average Bonchev–Trinajstić information content (AvgIpc) is 3.57. The SMILES string of the molecule is c1ccc(N(c2ccc3c(ccc4ccccc43)c2)c2cccc3c2ccc2ccccc23)c(-c2cccc3oc4cc5ccccc5cc4c23)c1. The van der Waals surface area contributed by atoms with Gasteiger partial charge in [0.15, 0.2) is 0 Å². The second-order valence-corrected chi connectivity index (χ2v) is 13.7. The Kier molecular flexibility index (Phi) is 6.28. The highest BCUT2D eigenvalue weighted by molar-refractivity contribution is 6.18. The van der Waals surface area contributed by atoms with E-state index in [9.17, 15) is 0 Å². The third-order valence-corrected chi connectivity index (χ3v) is 10.8. The Hall–Kier alpha value is -6.90. The van der Waals surface area contributed by atoms with Gasteiger partial charge in [-0.2, -0.15) is 0 Å². The van der Waals surface area contributed by atoms with Crippen molar-refractivity contribution in [2.24, 2.45) is 0 Å². The fourth-order valence-electron chi connectivity index (χ4n) is 8.40. The summed E-state index contributed by atoms with van der Waals surface area (Å²) in [5.41, 5.74) is 7.41. The number of hydrogen-bond donors (Lipinski definition) is 0. The first-order valence-corrected chi connectivity index (χ1v) is 17.8. The summed E-state index contributed by atoms with van der Waals surface area (Å²) in [7, 11) is 0. The molecule has 0 aliphatic heterocycles. The van der Waals surface area contributed by atoms with Crippen molar-refractivity contribution in [2.75, 3.05) is 4.90 Å². The smallest absolute Gasteiger partial charge is 0.136 e. The number of rotatable bonds is 4. The Balaban J connectivity index is 1.21. The van der Waals surface area contributed by atoms with E-state index in [4.69, 9.17) is 4.42 Å². The Morgan fingerprint density at radius 3 is 1.73 bits per heavy atom. The van der Waals surface area contributed by atoms with Gasteiger partial charge in [-0.25, -0.2) is 0 Å². The molecule has 0 fully saturated rings. The van der Waals surface area contributed by atoms with Crippen LogP contribution in [0.15, 0.2) is 192 Å². The molecule has 0 amide bonds. The minimum Gasteiger partial charge on any atom is -0.456 e. The molecular weight excluding hydrogens is 631 g/mol. The molecule has 10 aromatic carbocycles. The van der Waals surface area contributed by atoms with Crippen LogP contribution in [0.4, 0.5) is 17.1 Å². The molecule has 0 bridgehead atoms. The van der Waals surface area contributed by atoms with Crippen molar-refractivity contribution in [3.05, 3.63) is 188 Å². The maximum absolute atomic E-state index is 6.56. The van der Waals surface area contributed by atoms with Crippen LogP contribution in [0.25, 0.3) is 86.9 Å². The molecule has 0 spiro atoms. The largest absolute Gasteiger partial charge is 0.456 e. The van der Waals surface area contributed by atoms with Gasteiger partial charge < -0.3 is 9.32 Å². The summed E-state index contributed by atoms with van der Waals surface area (Å²) >= 11 is 0. The van der Waals surface area contributed by atoms with Crippen molar-refractivity contribution >= 4 is 92.9 Å². The van der Waals surface area contributed by atoms with Crippen molar-refractivity contribution in [1.29, 1.82) is 0 Å². The van der Waals surface area contributed by atoms with E-state index in [1.807, 2.05) is 0 Å². The topological polar surface area (TPSA) is 16.4 Å². The van der Waals surface area contributed by atoms with Gasteiger partial charge in [0.25, 0.3) is 0 Å². The molecule has 11 aromatic rings. The van der Waals surface area contributed by atoms with Gasteiger partial charge in [-0.05, 0) is 96.5 Å². The molecule has 0 saturated carbocycles. The molecule has 0 unspecified atom stereocenters. The summed E-state index contributed by atoms with van der Waals surface area (Å²) in [6, 6.07) is 68.2. The number of para-hydroxylation sites is 1. The summed E-state index contributed by atoms with van der Waals surface area (Å²) < 4.78 is 6.56. The highest BCUT2D eigenvalue weighted by atomic mass is 16.3. The molecule has 1 aromatic heterocycles. The number of anilines is 3. The number of nitrogens with zero attached hydrogens (tertiary/aromatic N) is 1. The number of fused-ring (bicyclic) bond motifs is 10. The van der Waals surface area contributed by atoms with E-state index in [1.54, 1.807) is 0 Å². The Morgan fingerprint density at radius 2 is 0.885 bits per heavy atom. The fraction of sp³-hybridized carbons (Fsp3) is 0. The normalized spacial score (nSPS) is 11.8. The van der Waals surface area contributed by atoms with Crippen molar-refractivity contribution < 1.29 is 4.42 Å². The summed E-state index contributed by atoms with van der Waals surface area (Å²) in [6.45, 7) is 0. The summed E-state index contributed by atoms with van der Waals surface area (Å²) in [6.07, 6.45) is 0. The first kappa shape index (κ1) is 28.9. The summed E-state index contributed by atoms with van der Waals surface area (Å²) in [5, 5.41) is 14.5. The second kappa shape index (κ2) is 11.3. The number of furan rings is 1. The molecule has 11 rings (SSSR count). The molecule has 2 nitrogen and oxygen atoms in total. The highest BCUT2D eigenvalue weighted by Gasteiger charge is 2.22. The number of hydrogen-bond acceptors (Lipinski definition) is 2. The monoisotopic (exact) mass is 661 g/mol. The lowest BCUT2D eigenvalue weighted by molar-refractivity contribution is 0.669. The predicted octanol–water partition coefficient (Wildman–Crippen LogP) is 14.5. The maximum Gasteiger partial charge on any atom is 0.136 e. The minimum atomic E-state index is 0.887. The van der Waals surface area contributed by atoms with Crippen LogP contribution in [0.1, 0.15) is 0 Å². The molecule has 242 valence electrons. The third-order valence-electron chi connectivity index (χ3n) is 10.8. The predicted molar refractivity (Wildman–Crippen MR) is 221 cm³/mol. The molecular formula is C50H31NO. The molecule has 0 aliphatic carbocycles. The summed E-state index contributed by atoms with van der Waals surface area (Å²) in [4.78, 5) is 2.46. The van der Waals surface area contributed by atoms with E-state index in [1.165, 1.54) is 53.9 Å². The lowest BCUT2D eigenvalue weighted by atomic mass is 9.95. The van der Waals surface area contributed by atoms with Gasteiger partial charge in [0, 0.05) is 27.4 Å². The third kappa shape index (κ3) is 4.38. The van der Waals surface area contributed by atoms with Crippen molar-refractivity contribution in [3.63, 3.8) is 0 Å². The van der Waals surface area contributed by atoms with E-state index in [-0.39, 0.29) is 0 Å². The van der Waals surface area contributed by atoms with Gasteiger partial charge in [0.05, 0.1) is 11.4 Å². The van der Waals surface area contributed by atoms with Crippen molar-refractivity contribution in [2.45, 2.75) is 0 Å². The van der Waals surface area contributed by atoms with Crippen LogP contribution < -0.4 is 4.90 Å². The molecule has 52 heavy (non-hydrogen) atoms. The number of benzene rings is 10. The van der Waals surface area contributed by atoms with Crippen LogP contribution in [0.2, 0.25) is 0 Å². The molecule has 0 N–H and O–H groups in total. The van der Waals surface area contributed by atoms with E-state index in [0.29, 0.717) is 0 Å². The van der Waals surface area contributed by atoms with Crippen LogP contribution in [0.3, 0.4) is 0 Å². The molecule has 0 atom stereocenters. The van der Waals surface area contributed by atoms with Gasteiger partial charge in [0.2, 0.25) is 0 Å². The van der Waals surface area contributed by atoms with Crippen LogP contribution in [-0.2, 0) is 0 Å². The Labute approximate surface area is 300 Å². The summed E-state index contributed by atoms with van der Waals surface area (Å²) in [5.74, 6) is 0. The average molecular weight is 662 g/mol. The van der Waals surface area contributed by atoms with Crippen LogP contribution in [0.5, 0.6) is 0 Å². The first-order chi connectivity index (χ1) is 25.8. The van der Waals surface area contributed by atoms with Gasteiger partial charge in [-0.15, -0.1) is 0 Å². The quantitative estimate of drug-likeness (QED) is 0.175. The highest BCUT2D eigenvalue weighted by Crippen LogP contribution is 2.47. The standard InChI is InChI=1S/C50H31NO/c1-2-14-35-31-49-45(30-34(35)13-1)50-44(19-10-22-48(50)52-49)42-17-7-8-20-46(42)51(37-26-28-40-36(29-37)24-23-32-11-3-5-15-38(32)40)47-21-9-18-41-39-16-6-4-12-33(39)25-27-43(41)47/h1-31H. The molecule has 2 heteroatoms. The van der Waals surface area contributed by atoms with E-state index < -0.39 is 0 Å². The first-order valence-electron chi connectivity index (χ1n) is 17.8. The lowest BCUT2D eigenvalue weighted by Crippen LogP contribution is -2.12. The van der Waals surface area contributed by atoms with Gasteiger partial charge in [-0.1, -0.05) is 146 Å². The molecule has 0 saturated heterocycles. The second-order valence-electron chi connectivity index (χ2n) is 13.7. The van der Waals surface area contributed by atoms with E-state index in [2.05, 4.69) is 193 Å². The molecule has 1 heterocycles. The fourth-order valence-corrected chi connectivity index (χ4v) is 8.40. The van der Waals surface area contributed by atoms with Gasteiger partial charge in [-0.3, -0.25) is 0 Å². The van der Waals surface area contributed by atoms with Crippen molar-refractivity contribution in [1.82, 2.24) is 0 Å². The van der Waals surface area contributed by atoms with Crippen LogP contribution >= 0.6 is 0 Å². The van der Waals surface area contributed by atoms with Crippen molar-refractivity contribution in [3.8, 4) is 11.1 Å². The Bertz CT molecular complexity index is 3210. The van der Waals surface area contributed by atoms with Gasteiger partial charge >= 0.3 is 0 Å². The van der Waals surface area contributed by atoms with Gasteiger partial charge in [0.1, 0.15) is 11.2 Å². The molecule has 0 radical (unpaired) electrons. The van der Waals surface area contributed by atoms with E-state index >= 15 is 0 Å².